The third kappa shape index (κ3) is 2.39. The van der Waals surface area contributed by atoms with Crippen LogP contribution in [0.1, 0.15) is 45.9 Å². The molecule has 1 aliphatic heterocycles. The van der Waals surface area contributed by atoms with Gasteiger partial charge in [-0.3, -0.25) is 9.78 Å². The number of nitrogens with zero attached hydrogens (tertiary/aromatic N) is 2. The average Bonchev–Trinajstić information content (AvgIpc) is 2.78. The summed E-state index contributed by atoms with van der Waals surface area (Å²) in [5.41, 5.74) is 0.176. The van der Waals surface area contributed by atoms with Gasteiger partial charge in [-0.25, -0.2) is 9.89 Å². The number of fused-ring (bicyclic) bond motifs is 2. The summed E-state index contributed by atoms with van der Waals surface area (Å²) in [6, 6.07) is 0.335. The van der Waals surface area contributed by atoms with E-state index in [1.807, 2.05) is 4.90 Å². The lowest BCUT2D eigenvalue weighted by Gasteiger charge is -2.39. The van der Waals surface area contributed by atoms with E-state index in [0.29, 0.717) is 17.3 Å². The fourth-order valence-electron chi connectivity index (χ4n) is 4.39. The fraction of sp³-hybridized carbons (Fsp3) is 0.786. The number of rotatable bonds is 2. The summed E-state index contributed by atoms with van der Waals surface area (Å²) in [7, 11) is 0. The molecule has 1 saturated carbocycles. The lowest BCUT2D eigenvalue weighted by atomic mass is 9.65. The maximum atomic E-state index is 12.5. The summed E-state index contributed by atoms with van der Waals surface area (Å²) < 4.78 is 0. The van der Waals surface area contributed by atoms with Crippen molar-refractivity contribution in [1.82, 2.24) is 20.1 Å². The largest absolute Gasteiger partial charge is 0.340 e. The Morgan fingerprint density at radius 2 is 2.15 bits per heavy atom. The van der Waals surface area contributed by atoms with Crippen LogP contribution in [0.15, 0.2) is 4.79 Å². The van der Waals surface area contributed by atoms with E-state index in [-0.39, 0.29) is 23.4 Å². The molecule has 6 heteroatoms. The summed E-state index contributed by atoms with van der Waals surface area (Å²) in [6.07, 6.45) is 3.50. The van der Waals surface area contributed by atoms with Crippen LogP contribution in [-0.4, -0.2) is 38.6 Å². The SMILES string of the molecule is CC1(C)C[C@@H]2C[C@@](C)(CN2C(=O)Cc2n[nH]c(=O)[nH]2)C1. The predicted molar refractivity (Wildman–Crippen MR) is 74.2 cm³/mol. The monoisotopic (exact) mass is 278 g/mol. The zero-order valence-electron chi connectivity index (χ0n) is 12.3. The van der Waals surface area contributed by atoms with Gasteiger partial charge >= 0.3 is 5.69 Å². The van der Waals surface area contributed by atoms with Crippen molar-refractivity contribution in [2.75, 3.05) is 6.54 Å². The van der Waals surface area contributed by atoms with Gasteiger partial charge in [-0.05, 0) is 30.1 Å². The molecule has 2 N–H and O–H groups in total. The Bertz CT molecular complexity index is 588. The Morgan fingerprint density at radius 3 is 2.80 bits per heavy atom. The summed E-state index contributed by atoms with van der Waals surface area (Å²) in [5, 5.41) is 6.12. The molecule has 1 aromatic rings. The Kier molecular flexibility index (Phi) is 2.81. The van der Waals surface area contributed by atoms with E-state index in [0.717, 1.165) is 19.4 Å². The minimum absolute atomic E-state index is 0.0687. The molecule has 20 heavy (non-hydrogen) atoms. The van der Waals surface area contributed by atoms with Crippen molar-refractivity contribution < 1.29 is 4.79 Å². The second-order valence-electron chi connectivity index (χ2n) is 7.54. The van der Waals surface area contributed by atoms with Crippen molar-refractivity contribution >= 4 is 5.91 Å². The predicted octanol–water partition coefficient (Wildman–Crippen LogP) is 1.07. The molecule has 1 saturated heterocycles. The van der Waals surface area contributed by atoms with E-state index < -0.39 is 0 Å². The van der Waals surface area contributed by atoms with Crippen LogP contribution in [0.5, 0.6) is 0 Å². The van der Waals surface area contributed by atoms with Gasteiger partial charge in [0.05, 0.1) is 6.42 Å². The number of aromatic amines is 2. The molecule has 2 aliphatic rings. The molecule has 0 aromatic carbocycles. The molecule has 1 aliphatic carbocycles. The Labute approximate surface area is 117 Å². The second-order valence-corrected chi connectivity index (χ2v) is 7.54. The molecule has 0 unspecified atom stereocenters. The third-order valence-electron chi connectivity index (χ3n) is 4.60. The van der Waals surface area contributed by atoms with E-state index in [4.69, 9.17) is 0 Å². The number of hydrogen-bond donors (Lipinski definition) is 2. The van der Waals surface area contributed by atoms with Gasteiger partial charge in [-0.15, -0.1) is 0 Å². The molecule has 3 rings (SSSR count). The van der Waals surface area contributed by atoms with Crippen LogP contribution in [0.4, 0.5) is 0 Å². The van der Waals surface area contributed by atoms with E-state index in [1.165, 1.54) is 6.42 Å². The van der Waals surface area contributed by atoms with Gasteiger partial charge < -0.3 is 4.90 Å². The van der Waals surface area contributed by atoms with E-state index in [9.17, 15) is 9.59 Å². The molecule has 2 atom stereocenters. The highest BCUT2D eigenvalue weighted by molar-refractivity contribution is 5.78. The molecular weight excluding hydrogens is 256 g/mol. The third-order valence-corrected chi connectivity index (χ3v) is 4.60. The van der Waals surface area contributed by atoms with Gasteiger partial charge in [0.1, 0.15) is 5.82 Å². The summed E-state index contributed by atoms with van der Waals surface area (Å²) in [6.45, 7) is 7.69. The number of likely N-dealkylation sites (tertiary alicyclic amines) is 1. The van der Waals surface area contributed by atoms with Crippen LogP contribution in [0, 0.1) is 10.8 Å². The first-order valence-corrected chi connectivity index (χ1v) is 7.19. The minimum atomic E-state index is -0.360. The first-order chi connectivity index (χ1) is 9.26. The Hall–Kier alpha value is -1.59. The second kappa shape index (κ2) is 4.20. The number of hydrogen-bond acceptors (Lipinski definition) is 3. The maximum Gasteiger partial charge on any atom is 0.340 e. The number of carbonyl (C=O) groups excluding carboxylic acids is 1. The van der Waals surface area contributed by atoms with Crippen molar-refractivity contribution in [2.45, 2.75) is 52.5 Å². The maximum absolute atomic E-state index is 12.5. The zero-order valence-corrected chi connectivity index (χ0v) is 12.3. The molecule has 0 radical (unpaired) electrons. The van der Waals surface area contributed by atoms with E-state index in [2.05, 4.69) is 36.0 Å². The van der Waals surface area contributed by atoms with Crippen molar-refractivity contribution in [1.29, 1.82) is 0 Å². The smallest absolute Gasteiger partial charge is 0.339 e. The zero-order chi connectivity index (χ0) is 14.5. The number of carbonyl (C=O) groups is 1. The van der Waals surface area contributed by atoms with Crippen molar-refractivity contribution in [3.05, 3.63) is 16.3 Å². The molecule has 1 amide bonds. The highest BCUT2D eigenvalue weighted by atomic mass is 16.2. The van der Waals surface area contributed by atoms with Crippen LogP contribution >= 0.6 is 0 Å². The van der Waals surface area contributed by atoms with Crippen molar-refractivity contribution in [3.8, 4) is 0 Å². The van der Waals surface area contributed by atoms with Gasteiger partial charge in [0.25, 0.3) is 0 Å². The average molecular weight is 278 g/mol. The Morgan fingerprint density at radius 1 is 1.40 bits per heavy atom. The highest BCUT2D eigenvalue weighted by Crippen LogP contribution is 2.52. The van der Waals surface area contributed by atoms with Crippen molar-refractivity contribution in [2.24, 2.45) is 10.8 Å². The minimum Gasteiger partial charge on any atom is -0.339 e. The highest BCUT2D eigenvalue weighted by Gasteiger charge is 2.50. The van der Waals surface area contributed by atoms with E-state index in [1.54, 1.807) is 0 Å². The van der Waals surface area contributed by atoms with Crippen LogP contribution in [-0.2, 0) is 11.2 Å². The van der Waals surface area contributed by atoms with Gasteiger partial charge in [0, 0.05) is 12.6 Å². The first-order valence-electron chi connectivity index (χ1n) is 7.19. The van der Waals surface area contributed by atoms with Crippen molar-refractivity contribution in [3.63, 3.8) is 0 Å². The standard InChI is InChI=1S/C14H22N4O2/c1-13(2)5-9-6-14(3,7-13)8-18(9)11(19)4-10-15-12(20)17-16-10/h9H,4-8H2,1-3H3,(H2,15,16,17,20)/t9-,14-/m1/s1. The van der Waals surface area contributed by atoms with Gasteiger partial charge in [-0.1, -0.05) is 20.8 Å². The molecular formula is C14H22N4O2. The van der Waals surface area contributed by atoms with Gasteiger partial charge in [0.2, 0.25) is 5.91 Å². The van der Waals surface area contributed by atoms with E-state index >= 15 is 0 Å². The lowest BCUT2D eigenvalue weighted by molar-refractivity contribution is -0.131. The normalized spacial score (nSPS) is 31.6. The number of H-pyrrole nitrogens is 2. The summed E-state index contributed by atoms with van der Waals surface area (Å²) >= 11 is 0. The molecule has 6 nitrogen and oxygen atoms in total. The van der Waals surface area contributed by atoms with Gasteiger partial charge in [-0.2, -0.15) is 5.10 Å². The first kappa shape index (κ1) is 13.4. The van der Waals surface area contributed by atoms with Crippen LogP contribution in [0.25, 0.3) is 0 Å². The molecule has 2 bridgehead atoms. The Balaban J connectivity index is 1.75. The van der Waals surface area contributed by atoms with Crippen LogP contribution in [0.3, 0.4) is 0 Å². The number of nitrogens with one attached hydrogen (secondary N) is 2. The van der Waals surface area contributed by atoms with Crippen LogP contribution in [0.2, 0.25) is 0 Å². The molecule has 110 valence electrons. The fourth-order valence-corrected chi connectivity index (χ4v) is 4.39. The summed E-state index contributed by atoms with van der Waals surface area (Å²) in [5.74, 6) is 0.491. The quantitative estimate of drug-likeness (QED) is 0.849. The number of amides is 1. The van der Waals surface area contributed by atoms with Crippen LogP contribution < -0.4 is 5.69 Å². The summed E-state index contributed by atoms with van der Waals surface area (Å²) in [4.78, 5) is 28.0. The lowest BCUT2D eigenvalue weighted by Crippen LogP contribution is -2.38. The molecule has 0 spiro atoms. The molecule has 1 aromatic heterocycles. The molecule has 2 fully saturated rings. The topological polar surface area (TPSA) is 81.8 Å². The molecule has 2 heterocycles. The van der Waals surface area contributed by atoms with Gasteiger partial charge in [0.15, 0.2) is 0 Å². The number of aromatic nitrogens is 3.